The van der Waals surface area contributed by atoms with Crippen LogP contribution in [0.3, 0.4) is 0 Å². The van der Waals surface area contributed by atoms with Crippen LogP contribution >= 0.6 is 0 Å². The van der Waals surface area contributed by atoms with E-state index in [1.54, 1.807) is 0 Å². The first kappa shape index (κ1) is 10.8. The van der Waals surface area contributed by atoms with Crippen molar-refractivity contribution in [2.24, 2.45) is 0 Å². The normalized spacial score (nSPS) is 10.4. The van der Waals surface area contributed by atoms with Crippen LogP contribution in [0, 0.1) is 0 Å². The van der Waals surface area contributed by atoms with Gasteiger partial charge in [-0.25, -0.2) is 14.6 Å². The van der Waals surface area contributed by atoms with Crippen LogP contribution < -0.4 is 5.56 Å². The Balaban J connectivity index is 2.83. The summed E-state index contributed by atoms with van der Waals surface area (Å²) in [6.07, 6.45) is 1.99. The summed E-state index contributed by atoms with van der Waals surface area (Å²) in [5, 5.41) is 17.5. The van der Waals surface area contributed by atoms with Gasteiger partial charge in [-0.15, -0.1) is 0 Å². The van der Waals surface area contributed by atoms with Crippen LogP contribution in [-0.2, 0) is 0 Å². The van der Waals surface area contributed by atoms with Gasteiger partial charge in [0.25, 0.3) is 5.56 Å². The zero-order chi connectivity index (χ0) is 12.6. The van der Waals surface area contributed by atoms with Gasteiger partial charge < -0.3 is 10.2 Å². The lowest BCUT2D eigenvalue weighted by Crippen LogP contribution is -2.23. The first-order valence-electron chi connectivity index (χ1n) is 4.48. The van der Waals surface area contributed by atoms with E-state index < -0.39 is 23.1 Å². The first-order chi connectivity index (χ1) is 8.00. The average Bonchev–Trinajstić information content (AvgIpc) is 2.28. The second kappa shape index (κ2) is 3.71. The Hall–Kier alpha value is -2.70. The number of pyridine rings is 1. The molecule has 0 saturated heterocycles. The smallest absolute Gasteiger partial charge is 0.342 e. The van der Waals surface area contributed by atoms with Crippen molar-refractivity contribution in [2.75, 3.05) is 0 Å². The third-order valence-corrected chi connectivity index (χ3v) is 2.18. The topological polar surface area (TPSA) is 109 Å². The molecule has 0 aromatic carbocycles. The lowest BCUT2D eigenvalue weighted by Gasteiger charge is -2.02. The number of nitrogens with zero attached hydrogens (tertiary/aromatic N) is 2. The van der Waals surface area contributed by atoms with Gasteiger partial charge in [0.05, 0.1) is 5.56 Å². The summed E-state index contributed by atoms with van der Waals surface area (Å²) < 4.78 is 0.896. The molecular weight excluding hydrogens is 228 g/mol. The first-order valence-corrected chi connectivity index (χ1v) is 4.48. The Labute approximate surface area is 93.6 Å². The van der Waals surface area contributed by atoms with Gasteiger partial charge in [0.2, 0.25) is 0 Å². The fourth-order valence-corrected chi connectivity index (χ4v) is 1.35. The van der Waals surface area contributed by atoms with Gasteiger partial charge in [-0.05, 0) is 12.1 Å². The number of fused-ring (bicyclic) bond motifs is 1. The van der Waals surface area contributed by atoms with Gasteiger partial charge in [0.15, 0.2) is 0 Å². The minimum Gasteiger partial charge on any atom is -0.478 e. The van der Waals surface area contributed by atoms with Crippen LogP contribution in [0.2, 0.25) is 0 Å². The molecule has 0 atom stereocenters. The largest absolute Gasteiger partial charge is 0.478 e. The van der Waals surface area contributed by atoms with E-state index in [0.29, 0.717) is 0 Å². The number of carboxylic acid groups (broad SMARTS) is 2. The van der Waals surface area contributed by atoms with Crippen LogP contribution in [0.15, 0.2) is 29.3 Å². The van der Waals surface area contributed by atoms with Crippen molar-refractivity contribution >= 4 is 17.6 Å². The molecule has 0 aliphatic carbocycles. The number of hydrogen-bond acceptors (Lipinski definition) is 4. The molecule has 2 aromatic rings. The van der Waals surface area contributed by atoms with Crippen molar-refractivity contribution in [3.05, 3.63) is 46.0 Å². The third kappa shape index (κ3) is 1.73. The summed E-state index contributed by atoms with van der Waals surface area (Å²) in [5.41, 5.74) is -1.26. The van der Waals surface area contributed by atoms with Crippen molar-refractivity contribution in [1.82, 2.24) is 9.38 Å². The summed E-state index contributed by atoms with van der Waals surface area (Å²) in [7, 11) is 0. The fraction of sp³-hybridized carbons (Fsp3) is 0. The predicted molar refractivity (Wildman–Crippen MR) is 55.4 cm³/mol. The van der Waals surface area contributed by atoms with Crippen molar-refractivity contribution in [2.45, 2.75) is 0 Å². The second-order valence-corrected chi connectivity index (χ2v) is 3.23. The van der Waals surface area contributed by atoms with E-state index in [1.165, 1.54) is 12.1 Å². The number of hydrogen-bond donors (Lipinski definition) is 2. The van der Waals surface area contributed by atoms with Crippen molar-refractivity contribution in [3.63, 3.8) is 0 Å². The maximum Gasteiger partial charge on any atom is 0.342 e. The molecule has 0 amide bonds. The molecule has 86 valence electrons. The van der Waals surface area contributed by atoms with E-state index in [9.17, 15) is 14.4 Å². The molecule has 17 heavy (non-hydrogen) atoms. The number of rotatable bonds is 2. The summed E-state index contributed by atoms with van der Waals surface area (Å²) >= 11 is 0. The number of carboxylic acids is 2. The van der Waals surface area contributed by atoms with Gasteiger partial charge in [-0.3, -0.25) is 9.20 Å². The predicted octanol–water partition coefficient (Wildman–Crippen LogP) is 0.0909. The second-order valence-electron chi connectivity index (χ2n) is 3.23. The average molecular weight is 234 g/mol. The monoisotopic (exact) mass is 234 g/mol. The standard InChI is InChI=1S/C10H6N2O5/c13-8-6(10(16)17)3-11-7-2-1-5(9(14)15)4-12(7)8/h1-4H,(H,14,15)(H,16,17). The Bertz CT molecular complexity index is 683. The quantitative estimate of drug-likeness (QED) is 0.762. The van der Waals surface area contributed by atoms with Gasteiger partial charge in [-0.2, -0.15) is 0 Å². The highest BCUT2D eigenvalue weighted by Crippen LogP contribution is 2.03. The van der Waals surface area contributed by atoms with Crippen LogP contribution in [0.25, 0.3) is 5.65 Å². The van der Waals surface area contributed by atoms with Gasteiger partial charge in [0.1, 0.15) is 11.2 Å². The maximum atomic E-state index is 11.7. The molecular formula is C10H6N2O5. The molecule has 2 N–H and O–H groups in total. The Morgan fingerprint density at radius 1 is 1.18 bits per heavy atom. The molecule has 2 heterocycles. The Morgan fingerprint density at radius 2 is 1.88 bits per heavy atom. The summed E-state index contributed by atoms with van der Waals surface area (Å²) in [4.78, 5) is 36.9. The van der Waals surface area contributed by atoms with E-state index in [-0.39, 0.29) is 11.2 Å². The molecule has 0 fully saturated rings. The van der Waals surface area contributed by atoms with Crippen molar-refractivity contribution < 1.29 is 19.8 Å². The Kier molecular flexibility index (Phi) is 2.36. The van der Waals surface area contributed by atoms with Crippen LogP contribution in [-0.4, -0.2) is 31.5 Å². The minimum absolute atomic E-state index is 0.121. The highest BCUT2D eigenvalue weighted by molar-refractivity contribution is 5.88. The highest BCUT2D eigenvalue weighted by atomic mass is 16.4. The molecule has 7 nitrogen and oxygen atoms in total. The third-order valence-electron chi connectivity index (χ3n) is 2.18. The summed E-state index contributed by atoms with van der Waals surface area (Å²) in [6, 6.07) is 2.61. The molecule has 2 rings (SSSR count). The van der Waals surface area contributed by atoms with Crippen molar-refractivity contribution in [3.8, 4) is 0 Å². The minimum atomic E-state index is -1.40. The van der Waals surface area contributed by atoms with Gasteiger partial charge in [-0.1, -0.05) is 0 Å². The summed E-state index contributed by atoms with van der Waals surface area (Å²) in [5.74, 6) is -2.61. The molecule has 0 unspecified atom stereocenters. The molecule has 0 aliphatic rings. The van der Waals surface area contributed by atoms with Gasteiger partial charge in [0, 0.05) is 12.4 Å². The SMILES string of the molecule is O=C(O)c1ccc2ncc(C(=O)O)c(=O)n2c1. The molecule has 0 saturated carbocycles. The maximum absolute atomic E-state index is 11.7. The number of aromatic carboxylic acids is 2. The zero-order valence-electron chi connectivity index (χ0n) is 8.32. The van der Waals surface area contributed by atoms with E-state index in [0.717, 1.165) is 16.8 Å². The van der Waals surface area contributed by atoms with Gasteiger partial charge >= 0.3 is 11.9 Å². The molecule has 0 spiro atoms. The van der Waals surface area contributed by atoms with E-state index in [4.69, 9.17) is 10.2 Å². The number of aromatic nitrogens is 2. The summed E-state index contributed by atoms with van der Waals surface area (Å²) in [6.45, 7) is 0. The number of carbonyl (C=O) groups is 2. The molecule has 7 heteroatoms. The van der Waals surface area contributed by atoms with E-state index >= 15 is 0 Å². The fourth-order valence-electron chi connectivity index (χ4n) is 1.35. The lowest BCUT2D eigenvalue weighted by atomic mass is 10.2. The lowest BCUT2D eigenvalue weighted by molar-refractivity contribution is 0.0686. The van der Waals surface area contributed by atoms with Crippen molar-refractivity contribution in [1.29, 1.82) is 0 Å². The molecule has 0 bridgehead atoms. The zero-order valence-corrected chi connectivity index (χ0v) is 8.32. The highest BCUT2D eigenvalue weighted by Gasteiger charge is 2.12. The molecule has 0 aliphatic heterocycles. The van der Waals surface area contributed by atoms with E-state index in [1.807, 2.05) is 0 Å². The Morgan fingerprint density at radius 3 is 2.47 bits per heavy atom. The van der Waals surface area contributed by atoms with E-state index in [2.05, 4.69) is 4.98 Å². The van der Waals surface area contributed by atoms with Crippen LogP contribution in [0.1, 0.15) is 20.7 Å². The molecule has 0 radical (unpaired) electrons. The molecule has 2 aromatic heterocycles. The van der Waals surface area contributed by atoms with Crippen LogP contribution in [0.4, 0.5) is 0 Å². The van der Waals surface area contributed by atoms with Crippen LogP contribution in [0.5, 0.6) is 0 Å².